The van der Waals surface area contributed by atoms with Gasteiger partial charge in [-0.3, -0.25) is 9.48 Å². The largest absolute Gasteiger partial charge is 0.346 e. The smallest absolute Gasteiger partial charge is 0.261 e. The van der Waals surface area contributed by atoms with E-state index in [2.05, 4.69) is 36.4 Å². The maximum Gasteiger partial charge on any atom is 0.261 e. The lowest BCUT2D eigenvalue weighted by atomic mass is 9.97. The summed E-state index contributed by atoms with van der Waals surface area (Å²) in [7, 11) is 0. The van der Waals surface area contributed by atoms with Crippen molar-refractivity contribution in [2.24, 2.45) is 5.41 Å². The molecule has 19 heavy (non-hydrogen) atoms. The molecule has 6 heteroatoms. The molecule has 0 aliphatic carbocycles. The fourth-order valence-corrected chi connectivity index (χ4v) is 2.29. The molecule has 0 saturated heterocycles. The second-order valence-electron chi connectivity index (χ2n) is 5.63. The summed E-state index contributed by atoms with van der Waals surface area (Å²) in [5.74, 6) is -0.0691. The van der Waals surface area contributed by atoms with Gasteiger partial charge in [0.15, 0.2) is 0 Å². The highest BCUT2D eigenvalue weighted by molar-refractivity contribution is 7.12. The molecule has 2 aromatic rings. The third kappa shape index (κ3) is 4.17. The molecule has 0 aliphatic rings. The van der Waals surface area contributed by atoms with Crippen molar-refractivity contribution in [3.8, 4) is 0 Å². The topological polar surface area (TPSA) is 59.8 Å². The molecule has 0 spiro atoms. The Kier molecular flexibility index (Phi) is 3.99. The number of hydrogen-bond acceptors (Lipinski definition) is 4. The minimum Gasteiger partial charge on any atom is -0.346 e. The summed E-state index contributed by atoms with van der Waals surface area (Å²) in [5, 5.41) is 12.8. The summed E-state index contributed by atoms with van der Waals surface area (Å²) in [6.45, 7) is 7.65. The molecule has 0 unspecified atom stereocenters. The predicted molar refractivity (Wildman–Crippen MR) is 75.0 cm³/mol. The van der Waals surface area contributed by atoms with Crippen molar-refractivity contribution in [1.29, 1.82) is 0 Å². The van der Waals surface area contributed by atoms with Crippen molar-refractivity contribution in [3.63, 3.8) is 0 Å². The lowest BCUT2D eigenvalue weighted by molar-refractivity contribution is 0.0954. The molecule has 1 amide bonds. The van der Waals surface area contributed by atoms with Crippen LogP contribution in [0.1, 0.15) is 36.1 Å². The van der Waals surface area contributed by atoms with E-state index in [1.807, 2.05) is 22.3 Å². The van der Waals surface area contributed by atoms with Gasteiger partial charge in [-0.1, -0.05) is 32.1 Å². The maximum atomic E-state index is 11.8. The van der Waals surface area contributed by atoms with Crippen LogP contribution in [-0.2, 0) is 13.1 Å². The van der Waals surface area contributed by atoms with Gasteiger partial charge in [0.05, 0.1) is 17.6 Å². The highest BCUT2D eigenvalue weighted by atomic mass is 32.1. The first-order valence-electron chi connectivity index (χ1n) is 6.15. The first-order chi connectivity index (χ1) is 8.94. The highest BCUT2D eigenvalue weighted by Crippen LogP contribution is 2.15. The summed E-state index contributed by atoms with van der Waals surface area (Å²) < 4.78 is 1.81. The standard InChI is InChI=1S/C13H18N4OS/c1-13(2,3)9-17-8-10(15-16-17)7-14-12(18)11-5-4-6-19-11/h4-6,8H,7,9H2,1-3H3,(H,14,18). The van der Waals surface area contributed by atoms with Crippen LogP contribution in [-0.4, -0.2) is 20.9 Å². The average molecular weight is 278 g/mol. The molecule has 0 fully saturated rings. The molecule has 5 nitrogen and oxygen atoms in total. The number of hydrogen-bond donors (Lipinski definition) is 1. The van der Waals surface area contributed by atoms with Gasteiger partial charge < -0.3 is 5.32 Å². The van der Waals surface area contributed by atoms with Crippen molar-refractivity contribution < 1.29 is 4.79 Å². The highest BCUT2D eigenvalue weighted by Gasteiger charge is 2.13. The Labute approximate surface area is 116 Å². The van der Waals surface area contributed by atoms with Crippen LogP contribution in [0.15, 0.2) is 23.7 Å². The monoisotopic (exact) mass is 278 g/mol. The van der Waals surface area contributed by atoms with Crippen LogP contribution in [0.2, 0.25) is 0 Å². The summed E-state index contributed by atoms with van der Waals surface area (Å²) in [6, 6.07) is 3.66. The zero-order valence-corrected chi connectivity index (χ0v) is 12.2. The number of nitrogens with zero attached hydrogens (tertiary/aromatic N) is 3. The Hall–Kier alpha value is -1.69. The molecule has 0 aliphatic heterocycles. The summed E-state index contributed by atoms with van der Waals surface area (Å²) >= 11 is 1.43. The van der Waals surface area contributed by atoms with Crippen molar-refractivity contribution in [2.45, 2.75) is 33.9 Å². The quantitative estimate of drug-likeness (QED) is 0.933. The molecule has 2 aromatic heterocycles. The van der Waals surface area contributed by atoms with Gasteiger partial charge in [0.2, 0.25) is 0 Å². The van der Waals surface area contributed by atoms with Crippen molar-refractivity contribution in [2.75, 3.05) is 0 Å². The molecule has 0 saturated carbocycles. The van der Waals surface area contributed by atoms with E-state index in [4.69, 9.17) is 0 Å². The zero-order chi connectivity index (χ0) is 13.9. The SMILES string of the molecule is CC(C)(C)Cn1cc(CNC(=O)c2cccs2)nn1. The van der Waals surface area contributed by atoms with Crippen LogP contribution < -0.4 is 5.32 Å². The Morgan fingerprint density at radius 3 is 2.89 bits per heavy atom. The van der Waals surface area contributed by atoms with Gasteiger partial charge in [0.1, 0.15) is 5.69 Å². The number of thiophene rings is 1. The van der Waals surface area contributed by atoms with Crippen molar-refractivity contribution >= 4 is 17.2 Å². The van der Waals surface area contributed by atoms with Crippen molar-refractivity contribution in [1.82, 2.24) is 20.3 Å². The van der Waals surface area contributed by atoms with E-state index in [-0.39, 0.29) is 11.3 Å². The fourth-order valence-electron chi connectivity index (χ4n) is 1.65. The summed E-state index contributed by atoms with van der Waals surface area (Å²) in [4.78, 5) is 12.5. The lowest BCUT2D eigenvalue weighted by Crippen LogP contribution is -2.22. The number of carbonyl (C=O) groups is 1. The Balaban J connectivity index is 1.89. The lowest BCUT2D eigenvalue weighted by Gasteiger charge is -2.16. The van der Waals surface area contributed by atoms with E-state index in [0.717, 1.165) is 12.2 Å². The Morgan fingerprint density at radius 1 is 1.47 bits per heavy atom. The Bertz CT molecular complexity index is 539. The molecular formula is C13H18N4OS. The van der Waals surface area contributed by atoms with Gasteiger partial charge >= 0.3 is 0 Å². The molecule has 102 valence electrons. The first-order valence-corrected chi connectivity index (χ1v) is 7.03. The fraction of sp³-hybridized carbons (Fsp3) is 0.462. The Morgan fingerprint density at radius 2 is 2.26 bits per heavy atom. The van der Waals surface area contributed by atoms with Crippen LogP contribution in [0.3, 0.4) is 0 Å². The van der Waals surface area contributed by atoms with E-state index in [9.17, 15) is 4.79 Å². The van der Waals surface area contributed by atoms with Crippen LogP contribution in [0.25, 0.3) is 0 Å². The molecule has 1 N–H and O–H groups in total. The van der Waals surface area contributed by atoms with Gasteiger partial charge in [-0.2, -0.15) is 0 Å². The maximum absolute atomic E-state index is 11.8. The van der Waals surface area contributed by atoms with Crippen LogP contribution >= 0.6 is 11.3 Å². The van der Waals surface area contributed by atoms with Crippen molar-refractivity contribution in [3.05, 3.63) is 34.3 Å². The van der Waals surface area contributed by atoms with Crippen LogP contribution in [0.5, 0.6) is 0 Å². The number of amides is 1. The summed E-state index contributed by atoms with van der Waals surface area (Å²) in [6.07, 6.45) is 1.87. The van der Waals surface area contributed by atoms with Gasteiger partial charge in [0, 0.05) is 6.54 Å². The van der Waals surface area contributed by atoms with E-state index in [1.165, 1.54) is 11.3 Å². The molecule has 0 atom stereocenters. The van der Waals surface area contributed by atoms with E-state index in [0.29, 0.717) is 11.4 Å². The molecular weight excluding hydrogens is 260 g/mol. The number of rotatable bonds is 4. The van der Waals surface area contributed by atoms with Gasteiger partial charge in [-0.05, 0) is 16.9 Å². The van der Waals surface area contributed by atoms with E-state index < -0.39 is 0 Å². The molecule has 0 aromatic carbocycles. The molecule has 0 bridgehead atoms. The summed E-state index contributed by atoms with van der Waals surface area (Å²) in [5.41, 5.74) is 0.930. The van der Waals surface area contributed by atoms with Crippen LogP contribution in [0.4, 0.5) is 0 Å². The minimum absolute atomic E-state index is 0.0691. The molecule has 2 heterocycles. The third-order valence-electron chi connectivity index (χ3n) is 2.40. The number of carbonyl (C=O) groups excluding carboxylic acids is 1. The zero-order valence-electron chi connectivity index (χ0n) is 11.4. The average Bonchev–Trinajstić information content (AvgIpc) is 2.94. The predicted octanol–water partition coefficient (Wildman–Crippen LogP) is 2.32. The second kappa shape index (κ2) is 5.52. The van der Waals surface area contributed by atoms with E-state index >= 15 is 0 Å². The molecule has 2 rings (SSSR count). The number of aromatic nitrogens is 3. The normalized spacial score (nSPS) is 11.5. The number of nitrogens with one attached hydrogen (secondary N) is 1. The molecule has 0 radical (unpaired) electrons. The first kappa shape index (κ1) is 13.7. The minimum atomic E-state index is -0.0691. The second-order valence-corrected chi connectivity index (χ2v) is 6.58. The van der Waals surface area contributed by atoms with Gasteiger partial charge in [-0.25, -0.2) is 0 Å². The van der Waals surface area contributed by atoms with Gasteiger partial charge in [0.25, 0.3) is 5.91 Å². The third-order valence-corrected chi connectivity index (χ3v) is 3.27. The van der Waals surface area contributed by atoms with E-state index in [1.54, 1.807) is 6.07 Å². The van der Waals surface area contributed by atoms with Gasteiger partial charge in [-0.15, -0.1) is 16.4 Å². The van der Waals surface area contributed by atoms with Crippen LogP contribution in [0, 0.1) is 5.41 Å².